The van der Waals surface area contributed by atoms with Crippen LogP contribution in [0.1, 0.15) is 74.1 Å². The fourth-order valence-electron chi connectivity index (χ4n) is 6.73. The second kappa shape index (κ2) is 12.5. The minimum Gasteiger partial charge on any atom is -0.363 e. The Morgan fingerprint density at radius 2 is 1.70 bits per heavy atom. The van der Waals surface area contributed by atoms with Crippen molar-refractivity contribution in [2.24, 2.45) is 40.2 Å². The Bertz CT molecular complexity index is 1160. The number of Topliss-reactive ketones (excluding diaryl/α,β-unsaturated/α-hetero) is 1. The summed E-state index contributed by atoms with van der Waals surface area (Å²) in [5, 5.41) is 8.66. The summed E-state index contributed by atoms with van der Waals surface area (Å²) in [6, 6.07) is -3.57. The number of urea groups is 1. The molecule has 0 bridgehead atoms. The molecule has 12 nitrogen and oxygen atoms in total. The molecular formula is C30H50N6O6S. The third-order valence-electron chi connectivity index (χ3n) is 9.83. The first-order chi connectivity index (χ1) is 19.9. The van der Waals surface area contributed by atoms with E-state index in [-0.39, 0.29) is 41.0 Å². The molecule has 0 aromatic carbocycles. The van der Waals surface area contributed by atoms with E-state index in [0.29, 0.717) is 31.8 Å². The first kappa shape index (κ1) is 33.4. The van der Waals surface area contributed by atoms with Crippen LogP contribution in [0.15, 0.2) is 0 Å². The predicted molar refractivity (Wildman–Crippen MR) is 162 cm³/mol. The topological polar surface area (TPSA) is 171 Å². The summed E-state index contributed by atoms with van der Waals surface area (Å²) < 4.78 is 14.2. The molecule has 4 aliphatic rings. The number of fused-ring (bicyclic) bond motifs is 1. The molecule has 2 unspecified atom stereocenters. The minimum atomic E-state index is -1.09. The molecule has 0 aromatic rings. The predicted octanol–water partition coefficient (Wildman–Crippen LogP) is 0.917. The van der Waals surface area contributed by atoms with Crippen LogP contribution in [0.25, 0.3) is 0 Å². The van der Waals surface area contributed by atoms with Crippen molar-refractivity contribution in [2.75, 3.05) is 25.4 Å². The lowest BCUT2D eigenvalue weighted by atomic mass is 9.85. The highest BCUT2D eigenvalue weighted by Gasteiger charge is 2.70. The largest absolute Gasteiger partial charge is 0.363 e. The number of ketones is 1. The lowest BCUT2D eigenvalue weighted by molar-refractivity contribution is -0.145. The molecular weight excluding hydrogens is 572 g/mol. The zero-order chi connectivity index (χ0) is 32.0. The molecule has 5 N–H and O–H groups in total. The fourth-order valence-corrected chi connectivity index (χ4v) is 8.02. The number of hydrogen-bond acceptors (Lipinski definition) is 6. The van der Waals surface area contributed by atoms with Crippen LogP contribution in [0.4, 0.5) is 4.79 Å². The molecule has 0 radical (unpaired) electrons. The van der Waals surface area contributed by atoms with Crippen molar-refractivity contribution in [3.8, 4) is 0 Å². The lowest BCUT2D eigenvalue weighted by Crippen LogP contribution is -2.62. The van der Waals surface area contributed by atoms with Gasteiger partial charge >= 0.3 is 6.03 Å². The standard InChI is InChI=1S/C30H50N6O6S/c1-16(2)20(15-35-11-8-12-43(35)42)33-28(41)34-24(29(3,4)5)27(40)36-14-18-21(30(18,6)7)22(36)26(39)32-19(13-17-9-10-17)23(37)25(31)38/h16-22,24H,8-15H2,1-7H3,(H2,31,38)(H,32,39)(H2,33,34,41)/t18-,19?,20+,21-,22-,24+,43?/m0/s1. The Balaban J connectivity index is 1.50. The van der Waals surface area contributed by atoms with E-state index < -0.39 is 58.2 Å². The smallest absolute Gasteiger partial charge is 0.315 e. The maximum Gasteiger partial charge on any atom is 0.315 e. The molecule has 7 atom stereocenters. The van der Waals surface area contributed by atoms with E-state index in [4.69, 9.17) is 5.73 Å². The van der Waals surface area contributed by atoms with Gasteiger partial charge in [0.15, 0.2) is 0 Å². The summed E-state index contributed by atoms with van der Waals surface area (Å²) >= 11 is 0. The summed E-state index contributed by atoms with van der Waals surface area (Å²) in [6.45, 7) is 15.2. The number of likely N-dealkylation sites (tertiary alicyclic amines) is 1. The average Bonchev–Trinajstić information content (AvgIpc) is 3.67. The van der Waals surface area contributed by atoms with Gasteiger partial charge in [0, 0.05) is 31.4 Å². The number of nitrogens with zero attached hydrogens (tertiary/aromatic N) is 2. The van der Waals surface area contributed by atoms with Crippen LogP contribution in [0.2, 0.25) is 0 Å². The molecule has 2 saturated carbocycles. The number of amides is 5. The molecule has 0 spiro atoms. The zero-order valence-corrected chi connectivity index (χ0v) is 27.4. The number of nitrogens with one attached hydrogen (secondary N) is 3. The minimum absolute atomic E-state index is 0.0693. The quantitative estimate of drug-likeness (QED) is 0.236. The zero-order valence-electron chi connectivity index (χ0n) is 26.6. The molecule has 2 heterocycles. The number of primary amides is 1. The number of carbonyl (C=O) groups is 5. The van der Waals surface area contributed by atoms with Gasteiger partial charge < -0.3 is 26.6 Å². The molecule has 2 aliphatic heterocycles. The Morgan fingerprint density at radius 1 is 1.05 bits per heavy atom. The van der Waals surface area contributed by atoms with E-state index in [9.17, 15) is 28.2 Å². The van der Waals surface area contributed by atoms with Crippen LogP contribution in [0.3, 0.4) is 0 Å². The Labute approximate surface area is 257 Å². The number of carbonyl (C=O) groups excluding carboxylic acids is 5. The van der Waals surface area contributed by atoms with Gasteiger partial charge in [0.2, 0.25) is 17.6 Å². The highest BCUT2D eigenvalue weighted by atomic mass is 32.2. The summed E-state index contributed by atoms with van der Waals surface area (Å²) in [4.78, 5) is 67.1. The van der Waals surface area contributed by atoms with Crippen LogP contribution in [0, 0.1) is 34.5 Å². The molecule has 4 fully saturated rings. The molecule has 2 saturated heterocycles. The van der Waals surface area contributed by atoms with Gasteiger partial charge in [0.25, 0.3) is 5.91 Å². The molecule has 2 aliphatic carbocycles. The second-order valence-corrected chi connectivity index (χ2v) is 16.5. The number of nitrogens with two attached hydrogens (primary N) is 1. The molecule has 0 aromatic heterocycles. The van der Waals surface area contributed by atoms with Crippen molar-refractivity contribution in [3.63, 3.8) is 0 Å². The van der Waals surface area contributed by atoms with Gasteiger partial charge in [-0.15, -0.1) is 0 Å². The second-order valence-electron chi connectivity index (χ2n) is 14.9. The molecule has 43 heavy (non-hydrogen) atoms. The number of rotatable bonds is 12. The van der Waals surface area contributed by atoms with Crippen molar-refractivity contribution in [1.82, 2.24) is 25.2 Å². The Hall–Kier alpha value is -2.54. The van der Waals surface area contributed by atoms with E-state index in [1.54, 1.807) is 4.90 Å². The van der Waals surface area contributed by atoms with Gasteiger partial charge in [-0.1, -0.05) is 61.3 Å². The summed E-state index contributed by atoms with van der Waals surface area (Å²) in [5.41, 5.74) is 4.44. The van der Waals surface area contributed by atoms with Gasteiger partial charge in [-0.2, -0.15) is 0 Å². The molecule has 13 heteroatoms. The molecule has 242 valence electrons. The molecule has 4 rings (SSSR count). The van der Waals surface area contributed by atoms with Crippen LogP contribution in [-0.2, 0) is 30.2 Å². The highest BCUT2D eigenvalue weighted by Crippen LogP contribution is 2.65. The monoisotopic (exact) mass is 622 g/mol. The summed E-state index contributed by atoms with van der Waals surface area (Å²) in [6.07, 6.45) is 3.06. The first-order valence-corrected chi connectivity index (χ1v) is 16.9. The van der Waals surface area contributed by atoms with Gasteiger partial charge in [-0.05, 0) is 47.3 Å². The SMILES string of the molecule is CC(C)[C@@H](CN1CCCS1=O)NC(=O)N[C@H](C(=O)N1C[C@H]2[C@@H]([C@H]1C(=O)NC(CC1CC1)C(=O)C(N)=O)C2(C)C)C(C)(C)C. The van der Waals surface area contributed by atoms with Gasteiger partial charge in [0.05, 0.1) is 17.0 Å². The van der Waals surface area contributed by atoms with Crippen LogP contribution < -0.4 is 21.7 Å². The Kier molecular flexibility index (Phi) is 9.66. The Morgan fingerprint density at radius 3 is 2.21 bits per heavy atom. The highest BCUT2D eigenvalue weighted by molar-refractivity contribution is 7.82. The summed E-state index contributed by atoms with van der Waals surface area (Å²) in [7, 11) is -1.05. The van der Waals surface area contributed by atoms with E-state index in [2.05, 4.69) is 29.8 Å². The number of piperidine rings is 1. The van der Waals surface area contributed by atoms with Gasteiger partial charge in [0.1, 0.15) is 12.1 Å². The number of hydrogen-bond donors (Lipinski definition) is 4. The van der Waals surface area contributed by atoms with E-state index >= 15 is 0 Å². The van der Waals surface area contributed by atoms with Crippen LogP contribution >= 0.6 is 0 Å². The van der Waals surface area contributed by atoms with Gasteiger partial charge in [-0.3, -0.25) is 19.2 Å². The third kappa shape index (κ3) is 7.41. The average molecular weight is 623 g/mol. The maximum atomic E-state index is 14.2. The van der Waals surface area contributed by atoms with Crippen molar-refractivity contribution in [1.29, 1.82) is 0 Å². The van der Waals surface area contributed by atoms with Crippen LogP contribution in [0.5, 0.6) is 0 Å². The normalized spacial score (nSPS) is 28.5. The maximum absolute atomic E-state index is 14.2. The van der Waals surface area contributed by atoms with E-state index in [1.807, 2.05) is 38.9 Å². The van der Waals surface area contributed by atoms with Crippen molar-refractivity contribution in [3.05, 3.63) is 0 Å². The summed E-state index contributed by atoms with van der Waals surface area (Å²) in [5.74, 6) is -1.81. The van der Waals surface area contributed by atoms with E-state index in [1.165, 1.54) is 0 Å². The fraction of sp³-hybridized carbons (Fsp3) is 0.833. The van der Waals surface area contributed by atoms with Crippen molar-refractivity contribution in [2.45, 2.75) is 98.3 Å². The van der Waals surface area contributed by atoms with Crippen molar-refractivity contribution >= 4 is 40.5 Å². The first-order valence-electron chi connectivity index (χ1n) is 15.6. The van der Waals surface area contributed by atoms with Crippen LogP contribution in [-0.4, -0.2) is 92.5 Å². The molecule has 5 amide bonds. The van der Waals surface area contributed by atoms with Crippen molar-refractivity contribution < 1.29 is 28.2 Å². The lowest BCUT2D eigenvalue weighted by Gasteiger charge is -2.38. The van der Waals surface area contributed by atoms with Gasteiger partial charge in [-0.25, -0.2) is 13.3 Å². The third-order valence-corrected chi connectivity index (χ3v) is 11.4. The van der Waals surface area contributed by atoms with E-state index in [0.717, 1.165) is 19.3 Å².